The Kier molecular flexibility index (Phi) is 4.64. The minimum absolute atomic E-state index is 0.155. The van der Waals surface area contributed by atoms with E-state index in [4.69, 9.17) is 0 Å². The lowest BCUT2D eigenvalue weighted by Gasteiger charge is -2.05. The van der Waals surface area contributed by atoms with Gasteiger partial charge in [-0.1, -0.05) is 17.8 Å². The zero-order chi connectivity index (χ0) is 13.9. The fraction of sp³-hybridized carbons (Fsp3) is 0.455. The van der Waals surface area contributed by atoms with Crippen molar-refractivity contribution in [1.29, 1.82) is 0 Å². The van der Waals surface area contributed by atoms with Crippen LogP contribution in [-0.4, -0.2) is 40.9 Å². The first-order valence-electron chi connectivity index (χ1n) is 5.79. The van der Waals surface area contributed by atoms with Crippen LogP contribution in [0.2, 0.25) is 0 Å². The van der Waals surface area contributed by atoms with Gasteiger partial charge in [0.05, 0.1) is 10.6 Å². The van der Waals surface area contributed by atoms with Crippen molar-refractivity contribution in [1.82, 2.24) is 14.8 Å². The third-order valence-corrected chi connectivity index (χ3v) is 5.50. The van der Waals surface area contributed by atoms with E-state index in [9.17, 15) is 8.42 Å². The average molecular weight is 317 g/mol. The number of hydrogen-bond acceptors (Lipinski definition) is 6. The van der Waals surface area contributed by atoms with Crippen LogP contribution in [0, 0.1) is 0 Å². The van der Waals surface area contributed by atoms with Crippen molar-refractivity contribution in [3.8, 4) is 10.7 Å². The molecule has 0 aliphatic heterocycles. The highest BCUT2D eigenvalue weighted by Crippen LogP contribution is 2.27. The first-order valence-corrected chi connectivity index (χ1v) is 9.71. The van der Waals surface area contributed by atoms with E-state index in [-0.39, 0.29) is 5.75 Å². The molecule has 8 heteroatoms. The van der Waals surface area contributed by atoms with Gasteiger partial charge in [-0.15, -0.1) is 21.5 Å². The van der Waals surface area contributed by atoms with Crippen LogP contribution in [0.3, 0.4) is 0 Å². The summed E-state index contributed by atoms with van der Waals surface area (Å²) in [6, 6.07) is 3.98. The zero-order valence-electron chi connectivity index (χ0n) is 10.7. The lowest BCUT2D eigenvalue weighted by Crippen LogP contribution is -2.06. The third kappa shape index (κ3) is 3.80. The molecule has 0 aliphatic carbocycles. The number of sulfone groups is 1. The Balaban J connectivity index is 2.14. The molecule has 0 amide bonds. The molecule has 0 aliphatic rings. The van der Waals surface area contributed by atoms with Crippen LogP contribution in [0.4, 0.5) is 0 Å². The van der Waals surface area contributed by atoms with E-state index in [2.05, 4.69) is 10.2 Å². The van der Waals surface area contributed by atoms with Gasteiger partial charge >= 0.3 is 0 Å². The van der Waals surface area contributed by atoms with Crippen LogP contribution >= 0.6 is 23.1 Å². The van der Waals surface area contributed by atoms with Crippen molar-refractivity contribution in [2.75, 3.05) is 17.8 Å². The summed E-state index contributed by atoms with van der Waals surface area (Å²) >= 11 is 3.05. The molecule has 0 aromatic carbocycles. The Labute approximate surface area is 121 Å². The van der Waals surface area contributed by atoms with Crippen LogP contribution in [0.25, 0.3) is 10.7 Å². The molecule has 5 nitrogen and oxygen atoms in total. The normalized spacial score (nSPS) is 11.9. The molecular formula is C11H15N3O2S3. The number of nitrogens with zero attached hydrogens (tertiary/aromatic N) is 3. The first kappa shape index (κ1) is 14.5. The first-order chi connectivity index (χ1) is 9.01. The van der Waals surface area contributed by atoms with Gasteiger partial charge in [0.2, 0.25) is 0 Å². The fourth-order valence-electron chi connectivity index (χ4n) is 1.55. The lowest BCUT2D eigenvalue weighted by atomic mass is 10.4. The van der Waals surface area contributed by atoms with Gasteiger partial charge in [0.15, 0.2) is 11.0 Å². The topological polar surface area (TPSA) is 64.8 Å². The molecule has 104 valence electrons. The Bertz CT molecular complexity index is 632. The smallest absolute Gasteiger partial charge is 0.191 e. The van der Waals surface area contributed by atoms with Crippen LogP contribution in [0.15, 0.2) is 22.7 Å². The molecule has 2 aromatic heterocycles. The summed E-state index contributed by atoms with van der Waals surface area (Å²) in [5, 5.41) is 11.1. The second-order valence-electron chi connectivity index (χ2n) is 4.01. The molecule has 0 unspecified atom stereocenters. The van der Waals surface area contributed by atoms with Crippen molar-refractivity contribution in [3.63, 3.8) is 0 Å². The van der Waals surface area contributed by atoms with Gasteiger partial charge in [-0.3, -0.25) is 0 Å². The summed E-state index contributed by atoms with van der Waals surface area (Å²) < 4.78 is 24.2. The van der Waals surface area contributed by atoms with Crippen molar-refractivity contribution in [2.24, 2.45) is 0 Å². The number of rotatable bonds is 6. The monoisotopic (exact) mass is 317 g/mol. The highest BCUT2D eigenvalue weighted by Gasteiger charge is 2.14. The molecule has 0 fully saturated rings. The Morgan fingerprint density at radius 2 is 2.21 bits per heavy atom. The summed E-state index contributed by atoms with van der Waals surface area (Å²) in [4.78, 5) is 1.07. The quantitative estimate of drug-likeness (QED) is 0.764. The molecule has 0 N–H and O–H groups in total. The number of hydrogen-bond donors (Lipinski definition) is 0. The van der Waals surface area contributed by atoms with Gasteiger partial charge in [0, 0.05) is 18.6 Å². The molecular weight excluding hydrogens is 302 g/mol. The molecule has 2 aromatic rings. The number of thiophene rings is 1. The van der Waals surface area contributed by atoms with Crippen molar-refractivity contribution >= 4 is 32.9 Å². The van der Waals surface area contributed by atoms with Gasteiger partial charge in [-0.05, 0) is 18.4 Å². The predicted molar refractivity (Wildman–Crippen MR) is 79.4 cm³/mol. The van der Waals surface area contributed by atoms with E-state index in [0.717, 1.165) is 22.4 Å². The number of thioether (sulfide) groups is 1. The van der Waals surface area contributed by atoms with Gasteiger partial charge in [0.1, 0.15) is 9.84 Å². The molecule has 0 saturated carbocycles. The Morgan fingerprint density at radius 3 is 2.79 bits per heavy atom. The van der Waals surface area contributed by atoms with Crippen LogP contribution in [0.1, 0.15) is 6.92 Å². The fourth-order valence-corrected chi connectivity index (χ4v) is 4.47. The van der Waals surface area contributed by atoms with E-state index in [1.165, 1.54) is 18.0 Å². The molecule has 0 saturated heterocycles. The van der Waals surface area contributed by atoms with Gasteiger partial charge in [-0.2, -0.15) is 0 Å². The van der Waals surface area contributed by atoms with E-state index >= 15 is 0 Å². The molecule has 2 heterocycles. The summed E-state index contributed by atoms with van der Waals surface area (Å²) in [5.41, 5.74) is 0. The summed E-state index contributed by atoms with van der Waals surface area (Å²) in [6.07, 6.45) is 1.25. The van der Waals surface area contributed by atoms with Crippen LogP contribution in [0.5, 0.6) is 0 Å². The number of aromatic nitrogens is 3. The maximum atomic E-state index is 11.1. The Hall–Kier alpha value is -0.860. The van der Waals surface area contributed by atoms with E-state index in [0.29, 0.717) is 5.75 Å². The second-order valence-corrected chi connectivity index (χ2v) is 8.28. The highest BCUT2D eigenvalue weighted by molar-refractivity contribution is 8.00. The van der Waals surface area contributed by atoms with E-state index < -0.39 is 9.84 Å². The summed E-state index contributed by atoms with van der Waals surface area (Å²) in [7, 11) is -2.93. The van der Waals surface area contributed by atoms with Crippen molar-refractivity contribution in [3.05, 3.63) is 17.5 Å². The van der Waals surface area contributed by atoms with Crippen LogP contribution in [-0.2, 0) is 16.4 Å². The molecule has 0 bridgehead atoms. The van der Waals surface area contributed by atoms with Crippen molar-refractivity contribution < 1.29 is 8.42 Å². The summed E-state index contributed by atoms with van der Waals surface area (Å²) in [6.45, 7) is 2.79. The minimum atomic E-state index is -2.93. The molecule has 0 atom stereocenters. The molecule has 0 radical (unpaired) electrons. The Morgan fingerprint density at radius 1 is 1.42 bits per heavy atom. The molecule has 19 heavy (non-hydrogen) atoms. The molecule has 2 rings (SSSR count). The van der Waals surface area contributed by atoms with E-state index in [1.807, 2.05) is 29.0 Å². The highest BCUT2D eigenvalue weighted by atomic mass is 32.2. The zero-order valence-corrected chi connectivity index (χ0v) is 13.2. The minimum Gasteiger partial charge on any atom is -0.302 e. The predicted octanol–water partition coefficient (Wildman–Crippen LogP) is 2.16. The maximum Gasteiger partial charge on any atom is 0.191 e. The lowest BCUT2D eigenvalue weighted by molar-refractivity contribution is 0.603. The summed E-state index contributed by atoms with van der Waals surface area (Å²) in [5.74, 6) is 1.50. The molecule has 0 spiro atoms. The second kappa shape index (κ2) is 6.06. The van der Waals surface area contributed by atoms with Crippen molar-refractivity contribution in [2.45, 2.75) is 18.6 Å². The maximum absolute atomic E-state index is 11.1. The SMILES string of the molecule is CCn1c(SCCS(C)(=O)=O)nnc1-c1cccs1. The average Bonchev–Trinajstić information content (AvgIpc) is 2.94. The van der Waals surface area contributed by atoms with Crippen LogP contribution < -0.4 is 0 Å². The van der Waals surface area contributed by atoms with Gasteiger partial charge in [0.25, 0.3) is 0 Å². The largest absolute Gasteiger partial charge is 0.302 e. The third-order valence-electron chi connectivity index (χ3n) is 2.46. The van der Waals surface area contributed by atoms with Gasteiger partial charge < -0.3 is 4.57 Å². The standard InChI is InChI=1S/C11H15N3O2S3/c1-3-14-10(9-5-4-6-17-9)12-13-11(14)18-7-8-19(2,15)16/h4-6H,3,7-8H2,1-2H3. The van der Waals surface area contributed by atoms with E-state index in [1.54, 1.807) is 11.3 Å². The van der Waals surface area contributed by atoms with Gasteiger partial charge in [-0.25, -0.2) is 8.42 Å².